The van der Waals surface area contributed by atoms with E-state index in [0.29, 0.717) is 0 Å². The van der Waals surface area contributed by atoms with Crippen molar-refractivity contribution in [1.82, 2.24) is 5.32 Å². The van der Waals surface area contributed by atoms with Crippen LogP contribution < -0.4 is 5.32 Å². The average molecular weight is 275 g/mol. The van der Waals surface area contributed by atoms with Crippen LogP contribution in [0.1, 0.15) is 22.8 Å². The standard InChI is InChI=1S/C12H12F3NO3/c1-7(11(18)19)6-16-10(17)8-2-4-9(5-3-8)12(13,14)15/h2-5,7H,6H2,1H3,(H,16,17)(H,18,19). The number of hydrogen-bond acceptors (Lipinski definition) is 2. The smallest absolute Gasteiger partial charge is 0.416 e. The van der Waals surface area contributed by atoms with Gasteiger partial charge >= 0.3 is 12.1 Å². The lowest BCUT2D eigenvalue weighted by Crippen LogP contribution is -2.31. The van der Waals surface area contributed by atoms with Crippen molar-refractivity contribution in [2.75, 3.05) is 6.54 Å². The van der Waals surface area contributed by atoms with Crippen molar-refractivity contribution in [3.8, 4) is 0 Å². The Kier molecular flexibility index (Phi) is 4.52. The number of alkyl halides is 3. The molecule has 0 aliphatic rings. The maximum atomic E-state index is 12.3. The van der Waals surface area contributed by atoms with Crippen molar-refractivity contribution >= 4 is 11.9 Å². The number of hydrogen-bond donors (Lipinski definition) is 2. The highest BCUT2D eigenvalue weighted by Crippen LogP contribution is 2.28. The Labute approximate surface area is 107 Å². The zero-order chi connectivity index (χ0) is 14.6. The molecule has 1 amide bonds. The molecule has 1 atom stereocenters. The highest BCUT2D eigenvalue weighted by Gasteiger charge is 2.30. The van der Waals surface area contributed by atoms with E-state index in [9.17, 15) is 22.8 Å². The van der Waals surface area contributed by atoms with Crippen LogP contribution in [-0.2, 0) is 11.0 Å². The summed E-state index contributed by atoms with van der Waals surface area (Å²) in [4.78, 5) is 22.1. The summed E-state index contributed by atoms with van der Waals surface area (Å²) in [5.74, 6) is -2.44. The monoisotopic (exact) mass is 275 g/mol. The van der Waals surface area contributed by atoms with Gasteiger partial charge in [0.25, 0.3) is 5.91 Å². The van der Waals surface area contributed by atoms with Gasteiger partial charge in [0, 0.05) is 12.1 Å². The van der Waals surface area contributed by atoms with E-state index in [1.807, 2.05) is 0 Å². The molecule has 0 spiro atoms. The van der Waals surface area contributed by atoms with Crippen molar-refractivity contribution in [3.63, 3.8) is 0 Å². The number of carboxylic acid groups (broad SMARTS) is 1. The number of carboxylic acids is 1. The van der Waals surface area contributed by atoms with Crippen LogP contribution in [0.3, 0.4) is 0 Å². The molecule has 0 saturated carbocycles. The lowest BCUT2D eigenvalue weighted by molar-refractivity contribution is -0.141. The van der Waals surface area contributed by atoms with E-state index in [0.717, 1.165) is 24.3 Å². The molecule has 1 rings (SSSR count). The number of amides is 1. The highest BCUT2D eigenvalue weighted by molar-refractivity contribution is 5.94. The molecule has 4 nitrogen and oxygen atoms in total. The molecule has 0 heterocycles. The molecule has 0 fully saturated rings. The zero-order valence-corrected chi connectivity index (χ0v) is 9.99. The normalized spacial score (nSPS) is 12.8. The molecule has 0 aromatic heterocycles. The van der Waals surface area contributed by atoms with E-state index >= 15 is 0 Å². The van der Waals surface area contributed by atoms with Crippen LogP contribution in [0.2, 0.25) is 0 Å². The molecule has 7 heteroatoms. The van der Waals surface area contributed by atoms with Gasteiger partial charge in [-0.15, -0.1) is 0 Å². The number of aliphatic carboxylic acids is 1. The molecule has 2 N–H and O–H groups in total. The Hall–Kier alpha value is -2.05. The molecule has 104 valence electrons. The molecule has 0 bridgehead atoms. The predicted molar refractivity (Wildman–Crippen MR) is 60.6 cm³/mol. The largest absolute Gasteiger partial charge is 0.481 e. The zero-order valence-electron chi connectivity index (χ0n) is 9.99. The Morgan fingerprint density at radius 2 is 1.79 bits per heavy atom. The molecule has 0 saturated heterocycles. The Morgan fingerprint density at radius 3 is 2.21 bits per heavy atom. The van der Waals surface area contributed by atoms with Gasteiger partial charge in [0.15, 0.2) is 0 Å². The summed E-state index contributed by atoms with van der Waals surface area (Å²) in [6, 6.07) is 3.69. The Morgan fingerprint density at radius 1 is 1.26 bits per heavy atom. The minimum atomic E-state index is -4.45. The topological polar surface area (TPSA) is 66.4 Å². The fourth-order valence-corrected chi connectivity index (χ4v) is 1.25. The van der Waals surface area contributed by atoms with E-state index in [2.05, 4.69) is 5.32 Å². The Bertz CT molecular complexity index is 468. The molecule has 0 aliphatic carbocycles. The first-order valence-corrected chi connectivity index (χ1v) is 5.40. The van der Waals surface area contributed by atoms with Crippen LogP contribution in [0.4, 0.5) is 13.2 Å². The number of rotatable bonds is 4. The van der Waals surface area contributed by atoms with Gasteiger partial charge in [-0.05, 0) is 24.3 Å². The maximum absolute atomic E-state index is 12.3. The van der Waals surface area contributed by atoms with E-state index in [-0.39, 0.29) is 12.1 Å². The van der Waals surface area contributed by atoms with Gasteiger partial charge in [0.2, 0.25) is 0 Å². The molecule has 0 aliphatic heterocycles. The van der Waals surface area contributed by atoms with Gasteiger partial charge in [-0.2, -0.15) is 13.2 Å². The first-order chi connectivity index (χ1) is 8.71. The number of benzene rings is 1. The summed E-state index contributed by atoms with van der Waals surface area (Å²) in [6.07, 6.45) is -4.45. The summed E-state index contributed by atoms with van der Waals surface area (Å²) in [5, 5.41) is 11.0. The van der Waals surface area contributed by atoms with E-state index in [4.69, 9.17) is 5.11 Å². The third-order valence-electron chi connectivity index (χ3n) is 2.46. The lowest BCUT2D eigenvalue weighted by atomic mass is 10.1. The SMILES string of the molecule is CC(CNC(=O)c1ccc(C(F)(F)F)cc1)C(=O)O. The second-order valence-electron chi connectivity index (χ2n) is 4.02. The Balaban J connectivity index is 2.66. The van der Waals surface area contributed by atoms with Gasteiger partial charge in [0.1, 0.15) is 0 Å². The van der Waals surface area contributed by atoms with Crippen LogP contribution in [0.15, 0.2) is 24.3 Å². The van der Waals surface area contributed by atoms with E-state index in [1.54, 1.807) is 0 Å². The summed E-state index contributed by atoms with van der Waals surface area (Å²) < 4.78 is 36.9. The van der Waals surface area contributed by atoms with E-state index in [1.165, 1.54) is 6.92 Å². The molecule has 1 aromatic carbocycles. The fourth-order valence-electron chi connectivity index (χ4n) is 1.25. The van der Waals surface area contributed by atoms with Gasteiger partial charge in [-0.3, -0.25) is 9.59 Å². The molecule has 1 aromatic rings. The first kappa shape index (κ1) is 15.0. The van der Waals surface area contributed by atoms with Crippen LogP contribution >= 0.6 is 0 Å². The molecular weight excluding hydrogens is 263 g/mol. The quantitative estimate of drug-likeness (QED) is 0.884. The fraction of sp³-hybridized carbons (Fsp3) is 0.333. The van der Waals surface area contributed by atoms with Crippen molar-refractivity contribution in [1.29, 1.82) is 0 Å². The summed E-state index contributed by atoms with van der Waals surface area (Å²) in [5.41, 5.74) is -0.798. The third-order valence-corrected chi connectivity index (χ3v) is 2.46. The molecule has 0 radical (unpaired) electrons. The van der Waals surface area contributed by atoms with Crippen LogP contribution in [0, 0.1) is 5.92 Å². The van der Waals surface area contributed by atoms with Crippen LogP contribution in [0.5, 0.6) is 0 Å². The summed E-state index contributed by atoms with van der Waals surface area (Å²) in [6.45, 7) is 1.32. The van der Waals surface area contributed by atoms with Gasteiger partial charge in [-0.25, -0.2) is 0 Å². The summed E-state index contributed by atoms with van der Waals surface area (Å²) >= 11 is 0. The summed E-state index contributed by atoms with van der Waals surface area (Å²) in [7, 11) is 0. The number of halogens is 3. The third kappa shape index (κ3) is 4.27. The molecular formula is C12H12F3NO3. The van der Waals surface area contributed by atoms with Crippen molar-refractivity contribution in [2.45, 2.75) is 13.1 Å². The van der Waals surface area contributed by atoms with Crippen LogP contribution in [-0.4, -0.2) is 23.5 Å². The van der Waals surface area contributed by atoms with Crippen LogP contribution in [0.25, 0.3) is 0 Å². The maximum Gasteiger partial charge on any atom is 0.416 e. The van der Waals surface area contributed by atoms with Gasteiger partial charge in [0.05, 0.1) is 11.5 Å². The van der Waals surface area contributed by atoms with Crippen molar-refractivity contribution < 1.29 is 27.9 Å². The van der Waals surface area contributed by atoms with Gasteiger partial charge < -0.3 is 10.4 Å². The molecule has 19 heavy (non-hydrogen) atoms. The van der Waals surface area contributed by atoms with Crippen molar-refractivity contribution in [3.05, 3.63) is 35.4 Å². The second-order valence-corrected chi connectivity index (χ2v) is 4.02. The first-order valence-electron chi connectivity index (χ1n) is 5.40. The number of carbonyl (C=O) groups is 2. The minimum Gasteiger partial charge on any atom is -0.481 e. The highest BCUT2D eigenvalue weighted by atomic mass is 19.4. The number of nitrogens with one attached hydrogen (secondary N) is 1. The van der Waals surface area contributed by atoms with E-state index < -0.39 is 29.5 Å². The predicted octanol–water partition coefficient (Wildman–Crippen LogP) is 2.16. The minimum absolute atomic E-state index is 0.0468. The second kappa shape index (κ2) is 5.73. The average Bonchev–Trinajstić information content (AvgIpc) is 2.34. The van der Waals surface area contributed by atoms with Crippen molar-refractivity contribution in [2.24, 2.45) is 5.92 Å². The van der Waals surface area contributed by atoms with Gasteiger partial charge in [-0.1, -0.05) is 6.92 Å². The lowest BCUT2D eigenvalue weighted by Gasteiger charge is -2.10. The number of carbonyl (C=O) groups excluding carboxylic acids is 1. The molecule has 1 unspecified atom stereocenters.